The summed E-state index contributed by atoms with van der Waals surface area (Å²) in [6, 6.07) is 3.69. The van der Waals surface area contributed by atoms with Crippen LogP contribution in [0.15, 0.2) is 30.7 Å². The van der Waals surface area contributed by atoms with E-state index < -0.39 is 5.82 Å². The molecule has 9 heteroatoms. The van der Waals surface area contributed by atoms with Crippen LogP contribution >= 0.6 is 0 Å². The van der Waals surface area contributed by atoms with Crippen molar-refractivity contribution in [3.8, 4) is 23.0 Å². The molecule has 0 bridgehead atoms. The van der Waals surface area contributed by atoms with E-state index in [0.717, 1.165) is 72.0 Å². The lowest BCUT2D eigenvalue weighted by atomic mass is 9.97. The number of pyridine rings is 2. The molecule has 0 N–H and O–H groups in total. The van der Waals surface area contributed by atoms with Gasteiger partial charge in [-0.15, -0.1) is 0 Å². The number of methoxy groups -OCH3 is 1. The summed E-state index contributed by atoms with van der Waals surface area (Å²) in [6.07, 6.45) is 7.25. The molecule has 0 fully saturated rings. The summed E-state index contributed by atoms with van der Waals surface area (Å²) in [5.74, 6) is 1.47. The lowest BCUT2D eigenvalue weighted by Crippen LogP contribution is -2.19. The van der Waals surface area contributed by atoms with Crippen molar-refractivity contribution in [1.29, 1.82) is 0 Å². The molecule has 0 saturated heterocycles. The molecule has 3 aromatic heterocycles. The van der Waals surface area contributed by atoms with E-state index in [0.29, 0.717) is 24.7 Å². The Labute approximate surface area is 219 Å². The summed E-state index contributed by atoms with van der Waals surface area (Å²) in [4.78, 5) is 30.3. The van der Waals surface area contributed by atoms with Crippen molar-refractivity contribution in [2.24, 2.45) is 0 Å². The Morgan fingerprint density at radius 3 is 2.38 bits per heavy atom. The molecule has 0 unspecified atom stereocenters. The van der Waals surface area contributed by atoms with Crippen LogP contribution in [0, 0.1) is 12.7 Å². The number of carbonyl (C=O) groups excluding carboxylic acids is 1. The highest BCUT2D eigenvalue weighted by molar-refractivity contribution is 5.81. The first-order chi connectivity index (χ1) is 17.8. The van der Waals surface area contributed by atoms with E-state index in [1.54, 1.807) is 20.2 Å². The molecule has 3 heterocycles. The van der Waals surface area contributed by atoms with E-state index in [2.05, 4.69) is 24.8 Å². The van der Waals surface area contributed by atoms with Gasteiger partial charge in [0.05, 0.1) is 25.2 Å². The van der Waals surface area contributed by atoms with Crippen molar-refractivity contribution in [2.45, 2.75) is 53.4 Å². The fraction of sp³-hybridized carbons (Fsp3) is 0.464. The van der Waals surface area contributed by atoms with Crippen LogP contribution in [0.25, 0.3) is 11.4 Å². The second-order valence-corrected chi connectivity index (χ2v) is 8.62. The van der Waals surface area contributed by atoms with Gasteiger partial charge in [-0.25, -0.2) is 19.3 Å². The van der Waals surface area contributed by atoms with E-state index in [1.807, 2.05) is 47.0 Å². The molecule has 37 heavy (non-hydrogen) atoms. The Balaban J connectivity index is 0.000000254. The minimum absolute atomic E-state index is 0.0914. The molecule has 3 aromatic rings. The molecule has 4 rings (SSSR count). The van der Waals surface area contributed by atoms with Gasteiger partial charge < -0.3 is 14.4 Å². The summed E-state index contributed by atoms with van der Waals surface area (Å²) in [5.41, 5.74) is 4.74. The number of Topliss-reactive ketones (excluding diaryl/α,β-unsaturated/α-hetero) is 1. The van der Waals surface area contributed by atoms with Crippen molar-refractivity contribution < 1.29 is 18.7 Å². The Morgan fingerprint density at radius 1 is 1.08 bits per heavy atom. The highest BCUT2D eigenvalue weighted by Crippen LogP contribution is 2.30. The number of rotatable bonds is 8. The van der Waals surface area contributed by atoms with Crippen LogP contribution in [-0.2, 0) is 24.1 Å². The third-order valence-electron chi connectivity index (χ3n) is 5.53. The summed E-state index contributed by atoms with van der Waals surface area (Å²) in [7, 11) is 5.66. The van der Waals surface area contributed by atoms with Crippen LogP contribution < -0.4 is 9.47 Å². The van der Waals surface area contributed by atoms with Crippen LogP contribution in [0.4, 0.5) is 4.39 Å². The highest BCUT2D eigenvalue weighted by Gasteiger charge is 2.21. The number of hydrogen-bond donors (Lipinski definition) is 0. The van der Waals surface area contributed by atoms with Crippen molar-refractivity contribution in [1.82, 2.24) is 24.8 Å². The van der Waals surface area contributed by atoms with Crippen molar-refractivity contribution in [3.63, 3.8) is 0 Å². The fourth-order valence-electron chi connectivity index (χ4n) is 3.83. The third kappa shape index (κ3) is 8.86. The molecule has 0 amide bonds. The Morgan fingerprint density at radius 2 is 1.78 bits per heavy atom. The lowest BCUT2D eigenvalue weighted by molar-refractivity contribution is -0.116. The van der Waals surface area contributed by atoms with Crippen molar-refractivity contribution in [2.75, 3.05) is 34.4 Å². The van der Waals surface area contributed by atoms with Gasteiger partial charge in [-0.3, -0.25) is 9.78 Å². The van der Waals surface area contributed by atoms with E-state index in [1.165, 1.54) is 0 Å². The first-order valence-electron chi connectivity index (χ1n) is 12.5. The van der Waals surface area contributed by atoms with E-state index in [9.17, 15) is 9.18 Å². The molecule has 0 radical (unpaired) electrons. The smallest absolute Gasteiger partial charge is 0.213 e. The summed E-state index contributed by atoms with van der Waals surface area (Å²) >= 11 is 0. The average molecular weight is 512 g/mol. The zero-order chi connectivity index (χ0) is 27.4. The first kappa shape index (κ1) is 29.8. The molecular weight excluding hydrogens is 473 g/mol. The van der Waals surface area contributed by atoms with Gasteiger partial charge in [0.1, 0.15) is 18.1 Å². The molecule has 0 aromatic carbocycles. The fourth-order valence-corrected chi connectivity index (χ4v) is 3.83. The van der Waals surface area contributed by atoms with Gasteiger partial charge in [-0.2, -0.15) is 0 Å². The number of nitrogens with zero attached hydrogens (tertiary/aromatic N) is 5. The SMILES string of the molecule is CC.CC(=O)Cc1c(-c2ncc(F)cn2)cnc2c1CCC2.COc1ccc(OCCN(C)C)nc1C. The van der Waals surface area contributed by atoms with Crippen LogP contribution in [0.2, 0.25) is 0 Å². The van der Waals surface area contributed by atoms with Crippen molar-refractivity contribution in [3.05, 3.63) is 59.1 Å². The molecule has 200 valence electrons. The number of ether oxygens (including phenoxy) is 2. The maximum absolute atomic E-state index is 12.9. The molecule has 0 spiro atoms. The van der Waals surface area contributed by atoms with Gasteiger partial charge >= 0.3 is 0 Å². The first-order valence-corrected chi connectivity index (χ1v) is 12.5. The maximum atomic E-state index is 12.9. The van der Waals surface area contributed by atoms with Crippen LogP contribution in [0.5, 0.6) is 11.6 Å². The van der Waals surface area contributed by atoms with Gasteiger partial charge in [-0.05, 0) is 64.4 Å². The predicted octanol–water partition coefficient (Wildman–Crippen LogP) is 4.66. The number of carbonyl (C=O) groups is 1. The maximum Gasteiger partial charge on any atom is 0.213 e. The Kier molecular flexibility index (Phi) is 12.0. The summed E-state index contributed by atoms with van der Waals surface area (Å²) in [5, 5.41) is 0. The Hall–Kier alpha value is -3.46. The summed E-state index contributed by atoms with van der Waals surface area (Å²) < 4.78 is 23.5. The van der Waals surface area contributed by atoms with Crippen LogP contribution in [0.3, 0.4) is 0 Å². The molecule has 8 nitrogen and oxygen atoms in total. The second-order valence-electron chi connectivity index (χ2n) is 8.62. The number of fused-ring (bicyclic) bond motifs is 1. The van der Waals surface area contributed by atoms with E-state index >= 15 is 0 Å². The normalized spacial score (nSPS) is 11.6. The highest BCUT2D eigenvalue weighted by atomic mass is 19.1. The van der Waals surface area contributed by atoms with Gasteiger partial charge in [0.2, 0.25) is 5.88 Å². The van der Waals surface area contributed by atoms with Gasteiger partial charge in [0, 0.05) is 36.5 Å². The molecule has 0 atom stereocenters. The second kappa shape index (κ2) is 14.9. The number of halogens is 1. The van der Waals surface area contributed by atoms with Gasteiger partial charge in [0.25, 0.3) is 0 Å². The van der Waals surface area contributed by atoms with Crippen LogP contribution in [0.1, 0.15) is 49.7 Å². The predicted molar refractivity (Wildman–Crippen MR) is 143 cm³/mol. The number of ketones is 1. The Bertz CT molecular complexity index is 1150. The van der Waals surface area contributed by atoms with E-state index in [-0.39, 0.29) is 5.78 Å². The van der Waals surface area contributed by atoms with Crippen LogP contribution in [-0.4, -0.2) is 65.0 Å². The van der Waals surface area contributed by atoms with Crippen molar-refractivity contribution >= 4 is 5.78 Å². The zero-order valence-corrected chi connectivity index (χ0v) is 23.0. The molecular formula is C28H38FN5O3. The standard InChI is InChI=1S/C15H14FN3O.C11H18N2O2.C2H6/c1-9(20)5-12-11-3-2-4-14(11)17-8-13(12)15-18-6-10(16)7-19-15;1-9-10(14-4)5-6-11(12-9)15-8-7-13(2)3;1-2/h6-8H,2-5H2,1H3;5-6H,7-8H2,1-4H3;1-2H3. The largest absolute Gasteiger partial charge is 0.495 e. The molecule has 1 aliphatic rings. The summed E-state index contributed by atoms with van der Waals surface area (Å²) in [6.45, 7) is 8.99. The molecule has 0 saturated carbocycles. The van der Waals surface area contributed by atoms with Gasteiger partial charge in [0.15, 0.2) is 11.6 Å². The molecule has 0 aliphatic heterocycles. The van der Waals surface area contributed by atoms with E-state index in [4.69, 9.17) is 9.47 Å². The third-order valence-corrected chi connectivity index (χ3v) is 5.53. The number of aryl methyl sites for hydroxylation is 2. The minimum Gasteiger partial charge on any atom is -0.495 e. The zero-order valence-electron chi connectivity index (χ0n) is 23.0. The van der Waals surface area contributed by atoms with Gasteiger partial charge in [-0.1, -0.05) is 13.8 Å². The number of likely N-dealkylation sites (N-methyl/N-ethyl adjacent to an activating group) is 1. The topological polar surface area (TPSA) is 90.3 Å². The number of aromatic nitrogens is 4. The average Bonchev–Trinajstić information content (AvgIpc) is 3.36. The number of hydrogen-bond acceptors (Lipinski definition) is 8. The quantitative estimate of drug-likeness (QED) is 0.431. The lowest BCUT2D eigenvalue weighted by Gasteiger charge is -2.12. The monoisotopic (exact) mass is 511 g/mol. The minimum atomic E-state index is -0.476. The molecule has 1 aliphatic carbocycles.